The molecule has 1 atom stereocenters. The summed E-state index contributed by atoms with van der Waals surface area (Å²) in [7, 11) is 0. The third kappa shape index (κ3) is 5.31. The SMILES string of the molecule is CC(=S)NC[C@H]1CN(c2ccc(N3CCN(Cc4ccc([N+](=O)[O-])s4)CC3)nc2)C(=O)O1. The Hall–Kier alpha value is -2.83. The van der Waals surface area contributed by atoms with Crippen molar-refractivity contribution in [1.82, 2.24) is 15.2 Å². The van der Waals surface area contributed by atoms with Crippen molar-refractivity contribution in [1.29, 1.82) is 0 Å². The number of aromatic nitrogens is 1. The number of cyclic esters (lactones) is 1. The van der Waals surface area contributed by atoms with Gasteiger partial charge in [0.15, 0.2) is 0 Å². The minimum absolute atomic E-state index is 0.182. The molecule has 2 aliphatic rings. The van der Waals surface area contributed by atoms with Gasteiger partial charge in [0.1, 0.15) is 11.9 Å². The monoisotopic (exact) mass is 476 g/mol. The molecule has 0 aromatic carbocycles. The van der Waals surface area contributed by atoms with Crippen LogP contribution in [0.5, 0.6) is 0 Å². The highest BCUT2D eigenvalue weighted by Crippen LogP contribution is 2.26. The fraction of sp³-hybridized carbons (Fsp3) is 0.450. The zero-order chi connectivity index (χ0) is 22.7. The molecule has 0 radical (unpaired) electrons. The molecule has 32 heavy (non-hydrogen) atoms. The van der Waals surface area contributed by atoms with Gasteiger partial charge in [-0.3, -0.25) is 19.9 Å². The van der Waals surface area contributed by atoms with E-state index in [0.717, 1.165) is 36.9 Å². The Morgan fingerprint density at radius 1 is 1.31 bits per heavy atom. The standard InChI is InChI=1S/C20H24N6O4S2/c1-14(31)21-11-16-12-25(20(27)30-16)15-2-4-18(22-10-15)24-8-6-23(7-9-24)13-17-3-5-19(32-17)26(28)29/h2-5,10,16H,6-9,11-13H2,1H3,(H,21,31)/t16-/m0/s1. The van der Waals surface area contributed by atoms with E-state index in [2.05, 4.69) is 20.1 Å². The van der Waals surface area contributed by atoms with Gasteiger partial charge in [0.2, 0.25) is 0 Å². The van der Waals surface area contributed by atoms with E-state index in [-0.39, 0.29) is 22.1 Å². The molecule has 2 saturated heterocycles. The van der Waals surface area contributed by atoms with Crippen LogP contribution < -0.4 is 15.1 Å². The Morgan fingerprint density at radius 3 is 2.72 bits per heavy atom. The number of amides is 1. The van der Waals surface area contributed by atoms with Crippen LogP contribution in [0.4, 0.5) is 21.3 Å². The van der Waals surface area contributed by atoms with Crippen LogP contribution >= 0.6 is 23.6 Å². The maximum atomic E-state index is 12.2. The smallest absolute Gasteiger partial charge is 0.414 e. The lowest BCUT2D eigenvalue weighted by molar-refractivity contribution is -0.380. The molecule has 4 rings (SSSR count). The van der Waals surface area contributed by atoms with E-state index in [1.54, 1.807) is 24.1 Å². The number of piperazine rings is 1. The number of rotatable bonds is 7. The number of nitrogens with zero attached hydrogens (tertiary/aromatic N) is 5. The summed E-state index contributed by atoms with van der Waals surface area (Å²) in [6, 6.07) is 7.21. The summed E-state index contributed by atoms with van der Waals surface area (Å²) < 4.78 is 5.39. The molecule has 4 heterocycles. The first-order valence-corrected chi connectivity index (χ1v) is 11.5. The number of nitro groups is 1. The molecule has 2 aromatic heterocycles. The van der Waals surface area contributed by atoms with Crippen LogP contribution in [0, 0.1) is 10.1 Å². The lowest BCUT2D eigenvalue weighted by atomic mass is 10.2. The average molecular weight is 477 g/mol. The van der Waals surface area contributed by atoms with Gasteiger partial charge in [0.05, 0.1) is 34.9 Å². The molecule has 1 amide bonds. The van der Waals surface area contributed by atoms with Crippen molar-refractivity contribution in [2.75, 3.05) is 49.1 Å². The normalized spacial score (nSPS) is 19.2. The molecule has 2 fully saturated rings. The van der Waals surface area contributed by atoms with Crippen LogP contribution in [0.2, 0.25) is 0 Å². The van der Waals surface area contributed by atoms with Gasteiger partial charge < -0.3 is 15.0 Å². The lowest BCUT2D eigenvalue weighted by Crippen LogP contribution is -2.46. The Labute approximate surface area is 194 Å². The fourth-order valence-electron chi connectivity index (χ4n) is 3.73. The van der Waals surface area contributed by atoms with Crippen LogP contribution in [0.25, 0.3) is 0 Å². The minimum atomic E-state index is -0.379. The number of pyridine rings is 1. The highest BCUT2D eigenvalue weighted by atomic mass is 32.1. The van der Waals surface area contributed by atoms with Crippen LogP contribution in [0.3, 0.4) is 0 Å². The molecule has 2 aliphatic heterocycles. The summed E-state index contributed by atoms with van der Waals surface area (Å²) in [5.74, 6) is 0.863. The summed E-state index contributed by atoms with van der Waals surface area (Å²) in [5, 5.41) is 14.1. The van der Waals surface area contributed by atoms with Crippen molar-refractivity contribution >= 4 is 51.1 Å². The summed E-state index contributed by atoms with van der Waals surface area (Å²) in [6.07, 6.45) is 1.07. The molecule has 10 nitrogen and oxygen atoms in total. The van der Waals surface area contributed by atoms with E-state index >= 15 is 0 Å². The molecule has 12 heteroatoms. The first-order chi connectivity index (χ1) is 15.4. The highest BCUT2D eigenvalue weighted by molar-refractivity contribution is 7.80. The zero-order valence-corrected chi connectivity index (χ0v) is 19.2. The molecule has 0 saturated carbocycles. The number of ether oxygens (including phenoxy) is 1. The van der Waals surface area contributed by atoms with Gasteiger partial charge in [-0.2, -0.15) is 0 Å². The largest absolute Gasteiger partial charge is 0.442 e. The number of nitrogens with one attached hydrogen (secondary N) is 1. The Balaban J connectivity index is 1.29. The first-order valence-electron chi connectivity index (χ1n) is 10.3. The van der Waals surface area contributed by atoms with E-state index in [1.165, 1.54) is 11.3 Å². The molecule has 170 valence electrons. The van der Waals surface area contributed by atoms with Gasteiger partial charge >= 0.3 is 11.1 Å². The van der Waals surface area contributed by atoms with E-state index in [9.17, 15) is 14.9 Å². The second-order valence-electron chi connectivity index (χ2n) is 7.69. The third-order valence-corrected chi connectivity index (χ3v) is 6.57. The molecule has 1 N–H and O–H groups in total. The Bertz CT molecular complexity index is 990. The summed E-state index contributed by atoms with van der Waals surface area (Å²) in [6.45, 7) is 6.78. The molecule has 0 bridgehead atoms. The number of carbonyl (C=O) groups excluding carboxylic acids is 1. The topological polar surface area (TPSA) is 104 Å². The van der Waals surface area contributed by atoms with E-state index in [4.69, 9.17) is 17.0 Å². The average Bonchev–Trinajstić information content (AvgIpc) is 3.40. The highest BCUT2D eigenvalue weighted by Gasteiger charge is 2.32. The molecule has 2 aromatic rings. The molecule has 0 aliphatic carbocycles. The Morgan fingerprint density at radius 2 is 2.09 bits per heavy atom. The summed E-state index contributed by atoms with van der Waals surface area (Å²) >= 11 is 6.23. The van der Waals surface area contributed by atoms with Crippen LogP contribution in [0.15, 0.2) is 30.5 Å². The van der Waals surface area contributed by atoms with Gasteiger partial charge in [-0.1, -0.05) is 23.6 Å². The van der Waals surface area contributed by atoms with Crippen molar-refractivity contribution in [3.05, 3.63) is 45.5 Å². The minimum Gasteiger partial charge on any atom is -0.442 e. The van der Waals surface area contributed by atoms with Crippen molar-refractivity contribution in [3.8, 4) is 0 Å². The van der Waals surface area contributed by atoms with Crippen LogP contribution in [-0.2, 0) is 11.3 Å². The predicted molar refractivity (Wildman–Crippen MR) is 127 cm³/mol. The number of anilines is 2. The van der Waals surface area contributed by atoms with E-state index in [0.29, 0.717) is 30.3 Å². The number of hydrogen-bond acceptors (Lipinski definition) is 9. The van der Waals surface area contributed by atoms with Crippen LogP contribution in [0.1, 0.15) is 11.8 Å². The molecular weight excluding hydrogens is 452 g/mol. The van der Waals surface area contributed by atoms with Crippen molar-refractivity contribution < 1.29 is 14.5 Å². The number of thiophene rings is 1. The number of carbonyl (C=O) groups is 1. The maximum absolute atomic E-state index is 12.2. The van der Waals surface area contributed by atoms with Crippen molar-refractivity contribution in [3.63, 3.8) is 0 Å². The second-order valence-corrected chi connectivity index (χ2v) is 9.45. The van der Waals surface area contributed by atoms with Crippen molar-refractivity contribution in [2.45, 2.75) is 19.6 Å². The van der Waals surface area contributed by atoms with Gasteiger partial charge in [-0.15, -0.1) is 0 Å². The van der Waals surface area contributed by atoms with Gasteiger partial charge in [-0.25, -0.2) is 9.78 Å². The van der Waals surface area contributed by atoms with Gasteiger partial charge in [-0.05, 0) is 25.1 Å². The number of thiocarbonyl (C=S) groups is 1. The Kier molecular flexibility index (Phi) is 6.82. The maximum Gasteiger partial charge on any atom is 0.414 e. The van der Waals surface area contributed by atoms with Crippen LogP contribution in [-0.4, -0.2) is 71.3 Å². The van der Waals surface area contributed by atoms with E-state index < -0.39 is 0 Å². The van der Waals surface area contributed by atoms with Gasteiger partial charge in [0, 0.05) is 43.7 Å². The van der Waals surface area contributed by atoms with Crippen molar-refractivity contribution in [2.24, 2.45) is 0 Å². The first kappa shape index (κ1) is 22.4. The molecular formula is C20H24N6O4S2. The lowest BCUT2D eigenvalue weighted by Gasteiger charge is -2.35. The quantitative estimate of drug-likeness (QED) is 0.367. The number of hydrogen-bond donors (Lipinski definition) is 1. The summed E-state index contributed by atoms with van der Waals surface area (Å²) in [4.78, 5) is 35.0. The van der Waals surface area contributed by atoms with E-state index in [1.807, 2.05) is 18.2 Å². The second kappa shape index (κ2) is 9.76. The molecule has 0 spiro atoms. The fourth-order valence-corrected chi connectivity index (χ4v) is 4.67. The van der Waals surface area contributed by atoms with Gasteiger partial charge in [0.25, 0.3) is 0 Å². The summed E-state index contributed by atoms with van der Waals surface area (Å²) in [5.41, 5.74) is 0.707. The molecule has 0 unspecified atom stereocenters. The third-order valence-electron chi connectivity index (χ3n) is 5.40. The zero-order valence-electron chi connectivity index (χ0n) is 17.6. The predicted octanol–water partition coefficient (Wildman–Crippen LogP) is 2.64.